The Morgan fingerprint density at radius 2 is 1.91 bits per heavy atom. The number of anilines is 2. The van der Waals surface area contributed by atoms with Crippen molar-refractivity contribution in [2.24, 2.45) is 11.8 Å². The van der Waals surface area contributed by atoms with Gasteiger partial charge in [0.25, 0.3) is 0 Å². The van der Waals surface area contributed by atoms with E-state index < -0.39 is 5.82 Å². The van der Waals surface area contributed by atoms with Crippen molar-refractivity contribution >= 4 is 29.0 Å². The maximum atomic E-state index is 14.0. The molecular formula is C24H23ClF2N4O. The van der Waals surface area contributed by atoms with Gasteiger partial charge in [0.05, 0.1) is 11.6 Å². The quantitative estimate of drug-likeness (QED) is 0.542. The number of aromatic nitrogens is 2. The maximum Gasteiger partial charge on any atom is 0.226 e. The molecule has 1 saturated carbocycles. The second-order valence-electron chi connectivity index (χ2n) is 8.52. The van der Waals surface area contributed by atoms with E-state index in [0.717, 1.165) is 24.2 Å². The SMILES string of the molecule is CC(C(=O)N1CCn2c(nc(-c3ccc(F)cc3)c2Nc2ccc(Cl)c(F)c2)C1)C1CC1. The van der Waals surface area contributed by atoms with Crippen LogP contribution in [0.5, 0.6) is 0 Å². The highest BCUT2D eigenvalue weighted by molar-refractivity contribution is 6.30. The number of carbonyl (C=O) groups excluding carboxylic acids is 1. The lowest BCUT2D eigenvalue weighted by Crippen LogP contribution is -2.41. The van der Waals surface area contributed by atoms with Gasteiger partial charge in [-0.3, -0.25) is 4.79 Å². The van der Waals surface area contributed by atoms with E-state index in [-0.39, 0.29) is 22.7 Å². The fourth-order valence-corrected chi connectivity index (χ4v) is 4.37. The summed E-state index contributed by atoms with van der Waals surface area (Å²) in [6, 6.07) is 10.6. The zero-order chi connectivity index (χ0) is 22.4. The minimum absolute atomic E-state index is 0.0303. The Labute approximate surface area is 190 Å². The van der Waals surface area contributed by atoms with E-state index >= 15 is 0 Å². The standard InChI is InChI=1S/C24H23ClF2N4O/c1-14(15-2-3-15)24(32)30-10-11-31-21(13-30)29-22(16-4-6-17(26)7-5-16)23(31)28-18-8-9-19(25)20(27)12-18/h4-9,12,14-15,28H,2-3,10-11,13H2,1H3. The molecule has 3 aromatic rings. The van der Waals surface area contributed by atoms with Crippen LogP contribution in [0.1, 0.15) is 25.6 Å². The number of imidazole rings is 1. The van der Waals surface area contributed by atoms with Crippen molar-refractivity contribution < 1.29 is 13.6 Å². The van der Waals surface area contributed by atoms with Crippen LogP contribution in [0.15, 0.2) is 42.5 Å². The summed E-state index contributed by atoms with van der Waals surface area (Å²) in [5.74, 6) is 1.25. The lowest BCUT2D eigenvalue weighted by molar-refractivity contribution is -0.137. The van der Waals surface area contributed by atoms with E-state index in [9.17, 15) is 13.6 Å². The van der Waals surface area contributed by atoms with Gasteiger partial charge in [-0.15, -0.1) is 0 Å². The van der Waals surface area contributed by atoms with Crippen LogP contribution in [-0.4, -0.2) is 26.9 Å². The van der Waals surface area contributed by atoms with E-state index in [4.69, 9.17) is 16.6 Å². The second-order valence-corrected chi connectivity index (χ2v) is 8.93. The molecule has 1 fully saturated rings. The highest BCUT2D eigenvalue weighted by Crippen LogP contribution is 2.39. The average Bonchev–Trinajstić information content (AvgIpc) is 3.58. The minimum atomic E-state index is -0.524. The maximum absolute atomic E-state index is 14.0. The molecule has 1 atom stereocenters. The number of amides is 1. The van der Waals surface area contributed by atoms with Crippen LogP contribution in [0.3, 0.4) is 0 Å². The summed E-state index contributed by atoms with van der Waals surface area (Å²) in [5.41, 5.74) is 1.88. The predicted molar refractivity (Wildman–Crippen MR) is 120 cm³/mol. The Bertz CT molecular complexity index is 1170. The van der Waals surface area contributed by atoms with Crippen LogP contribution in [0.2, 0.25) is 5.02 Å². The molecule has 0 saturated heterocycles. The largest absolute Gasteiger partial charge is 0.340 e. The van der Waals surface area contributed by atoms with Crippen LogP contribution >= 0.6 is 11.6 Å². The van der Waals surface area contributed by atoms with Crippen LogP contribution in [0.25, 0.3) is 11.3 Å². The zero-order valence-electron chi connectivity index (χ0n) is 17.6. The number of hydrogen-bond acceptors (Lipinski definition) is 3. The lowest BCUT2D eigenvalue weighted by atomic mass is 10.0. The number of nitrogens with zero attached hydrogens (tertiary/aromatic N) is 3. The first-order valence-corrected chi connectivity index (χ1v) is 11.1. The molecule has 1 N–H and O–H groups in total. The molecule has 2 aliphatic rings. The van der Waals surface area contributed by atoms with Gasteiger partial charge in [0.15, 0.2) is 0 Å². The Hall–Kier alpha value is -2.93. The molecule has 5 nitrogen and oxygen atoms in total. The molecule has 32 heavy (non-hydrogen) atoms. The molecule has 1 unspecified atom stereocenters. The van der Waals surface area contributed by atoms with Crippen LogP contribution in [0.4, 0.5) is 20.3 Å². The third-order valence-corrected chi connectivity index (χ3v) is 6.61. The van der Waals surface area contributed by atoms with Gasteiger partial charge in [-0.25, -0.2) is 13.8 Å². The van der Waals surface area contributed by atoms with Gasteiger partial charge in [0.2, 0.25) is 5.91 Å². The Morgan fingerprint density at radius 1 is 1.16 bits per heavy atom. The normalized spacial score (nSPS) is 16.6. The summed E-state index contributed by atoms with van der Waals surface area (Å²) in [6.45, 7) is 3.55. The molecule has 1 amide bonds. The monoisotopic (exact) mass is 456 g/mol. The highest BCUT2D eigenvalue weighted by Gasteiger charge is 2.36. The van der Waals surface area contributed by atoms with Gasteiger partial charge < -0.3 is 14.8 Å². The number of hydrogen-bond donors (Lipinski definition) is 1. The van der Waals surface area contributed by atoms with E-state index in [0.29, 0.717) is 42.8 Å². The fourth-order valence-electron chi connectivity index (χ4n) is 4.25. The Balaban J connectivity index is 1.50. The summed E-state index contributed by atoms with van der Waals surface area (Å²) in [7, 11) is 0. The fraction of sp³-hybridized carbons (Fsp3) is 0.333. The summed E-state index contributed by atoms with van der Waals surface area (Å²) in [6.07, 6.45) is 2.24. The van der Waals surface area contributed by atoms with Crippen molar-refractivity contribution in [3.8, 4) is 11.3 Å². The number of halogens is 3. The second kappa shape index (κ2) is 8.20. The number of nitrogens with one attached hydrogen (secondary N) is 1. The van der Waals surface area contributed by atoms with E-state index in [1.54, 1.807) is 18.2 Å². The summed E-state index contributed by atoms with van der Waals surface area (Å²) >= 11 is 5.82. The number of rotatable bonds is 5. The molecule has 0 bridgehead atoms. The van der Waals surface area contributed by atoms with Crippen molar-refractivity contribution in [1.82, 2.24) is 14.5 Å². The molecule has 0 spiro atoms. The first kappa shape index (κ1) is 20.9. The van der Waals surface area contributed by atoms with Gasteiger partial charge in [0.1, 0.15) is 29.0 Å². The number of fused-ring (bicyclic) bond motifs is 1. The third kappa shape index (κ3) is 3.97. The summed E-state index contributed by atoms with van der Waals surface area (Å²) < 4.78 is 29.5. The van der Waals surface area contributed by atoms with E-state index in [1.165, 1.54) is 24.3 Å². The molecule has 1 aliphatic heterocycles. The molecule has 166 valence electrons. The summed E-state index contributed by atoms with van der Waals surface area (Å²) in [5, 5.41) is 3.31. The Morgan fingerprint density at radius 3 is 2.59 bits per heavy atom. The van der Waals surface area contributed by atoms with Gasteiger partial charge >= 0.3 is 0 Å². The molecule has 5 rings (SSSR count). The van der Waals surface area contributed by atoms with Crippen LogP contribution in [-0.2, 0) is 17.9 Å². The smallest absolute Gasteiger partial charge is 0.226 e. The summed E-state index contributed by atoms with van der Waals surface area (Å²) in [4.78, 5) is 19.6. The van der Waals surface area contributed by atoms with Crippen molar-refractivity contribution in [2.75, 3.05) is 11.9 Å². The molecule has 8 heteroatoms. The number of benzene rings is 2. The molecule has 2 aromatic carbocycles. The molecule has 0 radical (unpaired) electrons. The van der Waals surface area contributed by atoms with Gasteiger partial charge in [-0.1, -0.05) is 18.5 Å². The van der Waals surface area contributed by atoms with Crippen molar-refractivity contribution in [3.05, 3.63) is 64.9 Å². The first-order chi connectivity index (χ1) is 15.4. The van der Waals surface area contributed by atoms with Gasteiger partial charge in [0, 0.05) is 30.3 Å². The number of carbonyl (C=O) groups is 1. The van der Waals surface area contributed by atoms with Crippen LogP contribution < -0.4 is 5.32 Å². The molecule has 1 aliphatic carbocycles. The van der Waals surface area contributed by atoms with Gasteiger partial charge in [-0.05, 0) is 61.2 Å². The molecular weight excluding hydrogens is 434 g/mol. The third-order valence-electron chi connectivity index (χ3n) is 6.30. The van der Waals surface area contributed by atoms with Crippen molar-refractivity contribution in [1.29, 1.82) is 0 Å². The van der Waals surface area contributed by atoms with Crippen molar-refractivity contribution in [2.45, 2.75) is 32.9 Å². The highest BCUT2D eigenvalue weighted by atomic mass is 35.5. The Kier molecular flexibility index (Phi) is 5.37. The topological polar surface area (TPSA) is 50.2 Å². The first-order valence-electron chi connectivity index (χ1n) is 10.8. The van der Waals surface area contributed by atoms with Crippen LogP contribution in [0, 0.1) is 23.5 Å². The van der Waals surface area contributed by atoms with E-state index in [1.807, 2.05) is 16.4 Å². The lowest BCUT2D eigenvalue weighted by Gasteiger charge is -2.30. The zero-order valence-corrected chi connectivity index (χ0v) is 18.4. The average molecular weight is 457 g/mol. The van der Waals surface area contributed by atoms with E-state index in [2.05, 4.69) is 5.32 Å². The molecule has 2 heterocycles. The molecule has 1 aromatic heterocycles. The van der Waals surface area contributed by atoms with Crippen molar-refractivity contribution in [3.63, 3.8) is 0 Å². The predicted octanol–water partition coefficient (Wildman–Crippen LogP) is 5.61. The minimum Gasteiger partial charge on any atom is -0.340 e. The van der Waals surface area contributed by atoms with Gasteiger partial charge in [-0.2, -0.15) is 0 Å².